The molecule has 5 rings (SSSR count). The van der Waals surface area contributed by atoms with Crippen LogP contribution in [0.25, 0.3) is 44.9 Å². The second-order valence-corrected chi connectivity index (χ2v) is 7.40. The number of hydrogen-bond acceptors (Lipinski definition) is 5. The molecular weight excluding hydrogens is 408 g/mol. The third kappa shape index (κ3) is 3.58. The number of rotatable bonds is 3. The summed E-state index contributed by atoms with van der Waals surface area (Å²) >= 11 is 0. The molecule has 3 aromatic heterocycles. The average molecular weight is 425 g/mol. The number of aromatic nitrogens is 5. The Bertz CT molecular complexity index is 1470. The predicted octanol–water partition coefficient (Wildman–Crippen LogP) is 5.71. The molecule has 0 bridgehead atoms. The fourth-order valence-corrected chi connectivity index (χ4v) is 3.49. The number of aryl methyl sites for hydroxylation is 2. The van der Waals surface area contributed by atoms with Crippen molar-refractivity contribution in [2.75, 3.05) is 0 Å². The van der Waals surface area contributed by atoms with Crippen molar-refractivity contribution in [3.8, 4) is 33.8 Å². The summed E-state index contributed by atoms with van der Waals surface area (Å²) in [6.07, 6.45) is 3.45. The van der Waals surface area contributed by atoms with Crippen LogP contribution in [-0.2, 0) is 0 Å². The van der Waals surface area contributed by atoms with Crippen LogP contribution in [-0.4, -0.2) is 24.9 Å². The van der Waals surface area contributed by atoms with Gasteiger partial charge >= 0.3 is 0 Å². The van der Waals surface area contributed by atoms with E-state index in [1.165, 1.54) is 12.1 Å². The molecule has 3 heterocycles. The molecule has 0 aliphatic heterocycles. The molecular formula is C25H17F2N5. The van der Waals surface area contributed by atoms with Gasteiger partial charge in [-0.25, -0.2) is 28.7 Å². The van der Waals surface area contributed by atoms with Gasteiger partial charge in [0.2, 0.25) is 0 Å². The molecule has 0 saturated heterocycles. The summed E-state index contributed by atoms with van der Waals surface area (Å²) in [7, 11) is 0. The van der Waals surface area contributed by atoms with E-state index in [0.717, 1.165) is 28.5 Å². The Balaban J connectivity index is 1.76. The fourth-order valence-electron chi connectivity index (χ4n) is 3.49. The van der Waals surface area contributed by atoms with Crippen molar-refractivity contribution < 1.29 is 8.78 Å². The number of fused-ring (bicyclic) bond motifs is 1. The van der Waals surface area contributed by atoms with E-state index in [0.29, 0.717) is 22.7 Å². The minimum atomic E-state index is -0.721. The Labute approximate surface area is 182 Å². The molecule has 0 saturated carbocycles. The highest BCUT2D eigenvalue weighted by molar-refractivity contribution is 5.89. The number of halogens is 2. The van der Waals surface area contributed by atoms with Gasteiger partial charge in [-0.15, -0.1) is 0 Å². The van der Waals surface area contributed by atoms with Crippen LogP contribution in [0.3, 0.4) is 0 Å². The number of pyridine rings is 1. The second kappa shape index (κ2) is 7.85. The van der Waals surface area contributed by atoms with Crippen LogP contribution in [0.4, 0.5) is 8.78 Å². The minimum absolute atomic E-state index is 0.142. The van der Waals surface area contributed by atoms with Gasteiger partial charge in [-0.1, -0.05) is 18.2 Å². The molecule has 2 aromatic carbocycles. The molecule has 7 heteroatoms. The lowest BCUT2D eigenvalue weighted by Crippen LogP contribution is -2.03. The lowest BCUT2D eigenvalue weighted by molar-refractivity contribution is 0.585. The molecule has 5 aromatic rings. The molecule has 0 aliphatic carbocycles. The molecule has 32 heavy (non-hydrogen) atoms. The first-order valence-corrected chi connectivity index (χ1v) is 9.99. The second-order valence-electron chi connectivity index (χ2n) is 7.40. The Morgan fingerprint density at radius 1 is 0.688 bits per heavy atom. The van der Waals surface area contributed by atoms with E-state index in [4.69, 9.17) is 0 Å². The zero-order valence-electron chi connectivity index (χ0n) is 17.3. The summed E-state index contributed by atoms with van der Waals surface area (Å²) < 4.78 is 28.2. The van der Waals surface area contributed by atoms with Crippen LogP contribution in [0.2, 0.25) is 0 Å². The summed E-state index contributed by atoms with van der Waals surface area (Å²) in [6, 6.07) is 14.9. The molecule has 0 fully saturated rings. The first kappa shape index (κ1) is 19.8. The van der Waals surface area contributed by atoms with Gasteiger partial charge in [-0.05, 0) is 55.3 Å². The van der Waals surface area contributed by atoms with Crippen molar-refractivity contribution >= 4 is 11.2 Å². The average Bonchev–Trinajstić information content (AvgIpc) is 2.80. The highest BCUT2D eigenvalue weighted by atomic mass is 19.1. The monoisotopic (exact) mass is 425 g/mol. The van der Waals surface area contributed by atoms with Crippen molar-refractivity contribution in [3.05, 3.63) is 90.0 Å². The van der Waals surface area contributed by atoms with E-state index in [9.17, 15) is 8.78 Å². The quantitative estimate of drug-likeness (QED) is 0.370. The topological polar surface area (TPSA) is 64.5 Å². The van der Waals surface area contributed by atoms with Gasteiger partial charge in [-0.3, -0.25) is 4.98 Å². The van der Waals surface area contributed by atoms with Gasteiger partial charge in [0.05, 0.1) is 11.4 Å². The molecule has 0 spiro atoms. The maximum atomic E-state index is 14.7. The third-order valence-electron chi connectivity index (χ3n) is 5.26. The number of nitrogens with zero attached hydrogens (tertiary/aromatic N) is 5. The van der Waals surface area contributed by atoms with Gasteiger partial charge in [0.15, 0.2) is 11.5 Å². The summed E-state index contributed by atoms with van der Waals surface area (Å²) in [4.78, 5) is 22.4. The highest BCUT2D eigenvalue weighted by Gasteiger charge is 2.18. The Morgan fingerprint density at radius 2 is 1.44 bits per heavy atom. The Hall–Kier alpha value is -4.13. The molecule has 5 nitrogen and oxygen atoms in total. The standard InChI is InChI=1S/C25H17F2N5/c1-14-15(2)30-25-23(29-14)22(20-7-6-19(26)13-21(20)27)31-24(32-25)18-5-3-4-17(12-18)16-8-10-28-11-9-16/h3-13H,1-2H3. The summed E-state index contributed by atoms with van der Waals surface area (Å²) in [5.74, 6) is -1.00. The zero-order valence-corrected chi connectivity index (χ0v) is 17.3. The summed E-state index contributed by atoms with van der Waals surface area (Å²) in [6.45, 7) is 3.66. The number of benzene rings is 2. The van der Waals surface area contributed by atoms with E-state index in [-0.39, 0.29) is 11.3 Å². The van der Waals surface area contributed by atoms with Crippen LogP contribution in [0, 0.1) is 25.5 Å². The molecule has 0 radical (unpaired) electrons. The molecule has 0 aliphatic rings. The third-order valence-corrected chi connectivity index (χ3v) is 5.26. The maximum absolute atomic E-state index is 14.7. The van der Waals surface area contributed by atoms with Crippen molar-refractivity contribution in [2.45, 2.75) is 13.8 Å². The van der Waals surface area contributed by atoms with Crippen LogP contribution in [0.5, 0.6) is 0 Å². The largest absolute Gasteiger partial charge is 0.265 e. The maximum Gasteiger partial charge on any atom is 0.182 e. The van der Waals surface area contributed by atoms with Crippen LogP contribution >= 0.6 is 0 Å². The van der Waals surface area contributed by atoms with Crippen LogP contribution in [0.1, 0.15) is 11.4 Å². The first-order valence-electron chi connectivity index (χ1n) is 9.99. The van der Waals surface area contributed by atoms with E-state index in [1.807, 2.05) is 50.2 Å². The van der Waals surface area contributed by atoms with Crippen molar-refractivity contribution in [2.24, 2.45) is 0 Å². The van der Waals surface area contributed by atoms with Gasteiger partial charge in [0, 0.05) is 29.6 Å². The molecule has 0 amide bonds. The SMILES string of the molecule is Cc1nc2nc(-c3cccc(-c4ccncc4)c3)nc(-c3ccc(F)cc3F)c2nc1C. The normalized spacial score (nSPS) is 11.1. The van der Waals surface area contributed by atoms with E-state index < -0.39 is 11.6 Å². The zero-order chi connectivity index (χ0) is 22.2. The van der Waals surface area contributed by atoms with E-state index in [1.54, 1.807) is 12.4 Å². The summed E-state index contributed by atoms with van der Waals surface area (Å²) in [5, 5.41) is 0. The van der Waals surface area contributed by atoms with Gasteiger partial charge in [0.25, 0.3) is 0 Å². The molecule has 0 N–H and O–H groups in total. The van der Waals surface area contributed by atoms with E-state index in [2.05, 4.69) is 24.9 Å². The summed E-state index contributed by atoms with van der Waals surface area (Å²) in [5.41, 5.74) is 5.25. The number of hydrogen-bond donors (Lipinski definition) is 0. The smallest absolute Gasteiger partial charge is 0.182 e. The lowest BCUT2D eigenvalue weighted by atomic mass is 10.0. The first-order chi connectivity index (χ1) is 15.5. The Morgan fingerprint density at radius 3 is 2.22 bits per heavy atom. The van der Waals surface area contributed by atoms with Crippen molar-refractivity contribution in [1.82, 2.24) is 24.9 Å². The van der Waals surface area contributed by atoms with Crippen molar-refractivity contribution in [3.63, 3.8) is 0 Å². The van der Waals surface area contributed by atoms with Gasteiger partial charge < -0.3 is 0 Å². The lowest BCUT2D eigenvalue weighted by Gasteiger charge is -2.11. The van der Waals surface area contributed by atoms with Crippen LogP contribution < -0.4 is 0 Å². The Kier molecular flexibility index (Phi) is 4.86. The highest BCUT2D eigenvalue weighted by Crippen LogP contribution is 2.31. The molecule has 156 valence electrons. The van der Waals surface area contributed by atoms with Gasteiger partial charge in [-0.2, -0.15) is 0 Å². The molecule has 0 unspecified atom stereocenters. The predicted molar refractivity (Wildman–Crippen MR) is 119 cm³/mol. The van der Waals surface area contributed by atoms with Crippen molar-refractivity contribution in [1.29, 1.82) is 0 Å². The molecule has 0 atom stereocenters. The van der Waals surface area contributed by atoms with Gasteiger partial charge in [0.1, 0.15) is 22.8 Å². The van der Waals surface area contributed by atoms with Crippen LogP contribution in [0.15, 0.2) is 67.0 Å². The fraction of sp³-hybridized carbons (Fsp3) is 0.0800. The van der Waals surface area contributed by atoms with E-state index >= 15 is 0 Å². The minimum Gasteiger partial charge on any atom is -0.265 e.